The number of hydrogen-bond donors (Lipinski definition) is 3. The largest absolute Gasteiger partial charge is 0.352 e. The highest BCUT2D eigenvalue weighted by Crippen LogP contribution is 2.30. The third-order valence-corrected chi connectivity index (χ3v) is 4.57. The molecular weight excluding hydrogens is 332 g/mol. The van der Waals surface area contributed by atoms with Gasteiger partial charge < -0.3 is 20.9 Å². The second-order valence-electron chi connectivity index (χ2n) is 6.01. The summed E-state index contributed by atoms with van der Waals surface area (Å²) in [5.41, 5.74) is 0.871. The highest BCUT2D eigenvalue weighted by molar-refractivity contribution is 6.31. The van der Waals surface area contributed by atoms with Gasteiger partial charge in [-0.25, -0.2) is 0 Å². The molecule has 0 aliphatic carbocycles. The Morgan fingerprint density at radius 3 is 2.96 bits per heavy atom. The fraction of sp³-hybridized carbons (Fsp3) is 0.438. The molecule has 2 heterocycles. The number of likely N-dealkylation sites (N-methyl/N-ethyl adjacent to an activating group) is 1. The summed E-state index contributed by atoms with van der Waals surface area (Å²) in [6, 6.07) is 4.11. The van der Waals surface area contributed by atoms with E-state index in [4.69, 9.17) is 11.6 Å². The molecule has 0 spiro atoms. The molecule has 7 nitrogen and oxygen atoms in total. The fourth-order valence-corrected chi connectivity index (χ4v) is 3.38. The van der Waals surface area contributed by atoms with Gasteiger partial charge in [0.05, 0.1) is 17.8 Å². The van der Waals surface area contributed by atoms with Gasteiger partial charge in [0, 0.05) is 17.6 Å². The van der Waals surface area contributed by atoms with Gasteiger partial charge >= 0.3 is 0 Å². The Morgan fingerprint density at radius 1 is 1.42 bits per heavy atom. The molecule has 0 aromatic heterocycles. The number of hydrogen-bond acceptors (Lipinski definition) is 4. The van der Waals surface area contributed by atoms with Gasteiger partial charge in [0.2, 0.25) is 11.8 Å². The molecule has 0 bridgehead atoms. The van der Waals surface area contributed by atoms with E-state index >= 15 is 0 Å². The molecule has 128 valence electrons. The molecular formula is C16H19ClN4O3. The van der Waals surface area contributed by atoms with Crippen molar-refractivity contribution in [3.8, 4) is 0 Å². The van der Waals surface area contributed by atoms with E-state index < -0.39 is 6.04 Å². The molecule has 24 heavy (non-hydrogen) atoms. The van der Waals surface area contributed by atoms with Gasteiger partial charge in [0.1, 0.15) is 6.04 Å². The zero-order valence-electron chi connectivity index (χ0n) is 13.3. The Labute approximate surface area is 144 Å². The van der Waals surface area contributed by atoms with Crippen molar-refractivity contribution in [3.63, 3.8) is 0 Å². The minimum Gasteiger partial charge on any atom is -0.352 e. The van der Waals surface area contributed by atoms with E-state index in [0.29, 0.717) is 35.7 Å². The molecule has 0 saturated carbocycles. The maximum Gasteiger partial charge on any atom is 0.256 e. The maximum atomic E-state index is 12.8. The number of rotatable bonds is 3. The lowest BCUT2D eigenvalue weighted by Gasteiger charge is -2.37. The Morgan fingerprint density at radius 2 is 2.21 bits per heavy atom. The Balaban J connectivity index is 1.80. The SMILES string of the molecule is CNCC(=O)NC1CCN2C(=O)c3ccc(Cl)cc3NC(=O)C2C1. The first-order valence-electron chi connectivity index (χ1n) is 7.85. The van der Waals surface area contributed by atoms with Gasteiger partial charge in [-0.1, -0.05) is 11.6 Å². The quantitative estimate of drug-likeness (QED) is 0.744. The standard InChI is InChI=1S/C16H19ClN4O3/c1-18-8-14(22)19-10-4-5-21-13(7-10)15(23)20-12-6-9(17)2-3-11(12)16(21)24/h2-3,6,10,13,18H,4-5,7-8H2,1H3,(H,19,22)(H,20,23). The van der Waals surface area contributed by atoms with Crippen molar-refractivity contribution in [3.05, 3.63) is 28.8 Å². The van der Waals surface area contributed by atoms with Crippen LogP contribution < -0.4 is 16.0 Å². The summed E-state index contributed by atoms with van der Waals surface area (Å²) < 4.78 is 0. The van der Waals surface area contributed by atoms with E-state index in [1.807, 2.05) is 0 Å². The first-order valence-corrected chi connectivity index (χ1v) is 8.22. The highest BCUT2D eigenvalue weighted by atomic mass is 35.5. The summed E-state index contributed by atoms with van der Waals surface area (Å²) in [6.07, 6.45) is 1.02. The average Bonchev–Trinajstić information content (AvgIpc) is 2.63. The second-order valence-corrected chi connectivity index (χ2v) is 6.45. The smallest absolute Gasteiger partial charge is 0.256 e. The van der Waals surface area contributed by atoms with Crippen LogP contribution in [0.2, 0.25) is 5.02 Å². The highest BCUT2D eigenvalue weighted by Gasteiger charge is 2.40. The number of benzene rings is 1. The van der Waals surface area contributed by atoms with Crippen LogP contribution in [0.15, 0.2) is 18.2 Å². The predicted octanol–water partition coefficient (Wildman–Crippen LogP) is 0.601. The molecule has 8 heteroatoms. The number of nitrogens with one attached hydrogen (secondary N) is 3. The van der Waals surface area contributed by atoms with Crippen LogP contribution in [0.3, 0.4) is 0 Å². The van der Waals surface area contributed by atoms with Crippen LogP contribution in [-0.4, -0.2) is 54.8 Å². The Kier molecular flexibility index (Phi) is 4.73. The van der Waals surface area contributed by atoms with Crippen molar-refractivity contribution in [2.45, 2.75) is 24.9 Å². The molecule has 0 radical (unpaired) electrons. The molecule has 3 amide bonds. The van der Waals surface area contributed by atoms with Gasteiger partial charge in [0.15, 0.2) is 0 Å². The van der Waals surface area contributed by atoms with Crippen LogP contribution >= 0.6 is 11.6 Å². The number of piperidine rings is 1. The topological polar surface area (TPSA) is 90.5 Å². The first kappa shape index (κ1) is 16.7. The van der Waals surface area contributed by atoms with Crippen LogP contribution in [0.1, 0.15) is 23.2 Å². The van der Waals surface area contributed by atoms with Crippen molar-refractivity contribution in [2.75, 3.05) is 25.5 Å². The van der Waals surface area contributed by atoms with Gasteiger partial charge in [-0.2, -0.15) is 0 Å². The van der Waals surface area contributed by atoms with Crippen LogP contribution in [0.4, 0.5) is 5.69 Å². The lowest BCUT2D eigenvalue weighted by atomic mass is 9.96. The minimum atomic E-state index is -0.600. The van der Waals surface area contributed by atoms with Crippen molar-refractivity contribution in [2.24, 2.45) is 0 Å². The van der Waals surface area contributed by atoms with Gasteiger partial charge in [0.25, 0.3) is 5.91 Å². The van der Waals surface area contributed by atoms with E-state index in [0.717, 1.165) is 0 Å². The molecule has 2 atom stereocenters. The molecule has 2 aliphatic heterocycles. The normalized spacial score (nSPS) is 23.0. The van der Waals surface area contributed by atoms with Gasteiger partial charge in [-0.05, 0) is 38.1 Å². The lowest BCUT2D eigenvalue weighted by molar-refractivity contribution is -0.124. The second kappa shape index (κ2) is 6.78. The van der Waals surface area contributed by atoms with E-state index in [1.165, 1.54) is 0 Å². The van der Waals surface area contributed by atoms with E-state index in [-0.39, 0.29) is 30.3 Å². The Bertz CT molecular complexity index is 694. The summed E-state index contributed by atoms with van der Waals surface area (Å²) in [5.74, 6) is -0.562. The summed E-state index contributed by atoms with van der Waals surface area (Å²) in [6.45, 7) is 0.642. The van der Waals surface area contributed by atoms with Gasteiger partial charge in [-0.3, -0.25) is 14.4 Å². The summed E-state index contributed by atoms with van der Waals surface area (Å²) in [4.78, 5) is 38.6. The van der Waals surface area contributed by atoms with Crippen molar-refractivity contribution in [1.82, 2.24) is 15.5 Å². The van der Waals surface area contributed by atoms with E-state index in [2.05, 4.69) is 16.0 Å². The molecule has 2 unspecified atom stereocenters. The third-order valence-electron chi connectivity index (χ3n) is 4.34. The summed E-state index contributed by atoms with van der Waals surface area (Å²) >= 11 is 5.96. The Hall–Kier alpha value is -2.12. The molecule has 1 aromatic rings. The third kappa shape index (κ3) is 3.22. The van der Waals surface area contributed by atoms with E-state index in [9.17, 15) is 14.4 Å². The van der Waals surface area contributed by atoms with Crippen molar-refractivity contribution < 1.29 is 14.4 Å². The van der Waals surface area contributed by atoms with Crippen molar-refractivity contribution >= 4 is 35.0 Å². The fourth-order valence-electron chi connectivity index (χ4n) is 3.20. The molecule has 1 fully saturated rings. The maximum absolute atomic E-state index is 12.8. The average molecular weight is 351 g/mol. The zero-order chi connectivity index (χ0) is 17.3. The minimum absolute atomic E-state index is 0.119. The first-order chi connectivity index (χ1) is 11.5. The molecule has 3 N–H and O–H groups in total. The molecule has 1 saturated heterocycles. The number of halogens is 1. The summed E-state index contributed by atoms with van der Waals surface area (Å²) in [5, 5.41) is 8.92. The lowest BCUT2D eigenvalue weighted by Crippen LogP contribution is -2.55. The van der Waals surface area contributed by atoms with Crippen molar-refractivity contribution in [1.29, 1.82) is 0 Å². The monoisotopic (exact) mass is 350 g/mol. The molecule has 3 rings (SSSR count). The number of nitrogens with zero attached hydrogens (tertiary/aromatic N) is 1. The van der Waals surface area contributed by atoms with Gasteiger partial charge in [-0.15, -0.1) is 0 Å². The molecule has 1 aromatic carbocycles. The van der Waals surface area contributed by atoms with Crippen LogP contribution in [0.25, 0.3) is 0 Å². The number of carbonyl (C=O) groups excluding carboxylic acids is 3. The van der Waals surface area contributed by atoms with E-state index in [1.54, 1.807) is 30.1 Å². The number of amides is 3. The predicted molar refractivity (Wildman–Crippen MR) is 90.0 cm³/mol. The number of fused-ring (bicyclic) bond motifs is 2. The zero-order valence-corrected chi connectivity index (χ0v) is 14.0. The van der Waals surface area contributed by atoms with Crippen LogP contribution in [0, 0.1) is 0 Å². The van der Waals surface area contributed by atoms with Crippen LogP contribution in [-0.2, 0) is 9.59 Å². The number of carbonyl (C=O) groups is 3. The summed E-state index contributed by atoms with van der Waals surface area (Å²) in [7, 11) is 1.70. The van der Waals surface area contributed by atoms with Crippen LogP contribution in [0.5, 0.6) is 0 Å². The molecule has 2 aliphatic rings. The number of anilines is 1.